The molecular weight excluding hydrogens is 246 g/mol. The van der Waals surface area contributed by atoms with Gasteiger partial charge in [0, 0.05) is 20.8 Å². The van der Waals surface area contributed by atoms with E-state index in [4.69, 9.17) is 0 Å². The quantitative estimate of drug-likeness (QED) is 0.854. The minimum atomic E-state index is 0.263. The largest absolute Gasteiger partial charge is 0.312 e. The molecule has 0 saturated heterocycles. The second-order valence-electron chi connectivity index (χ2n) is 4.26. The molecule has 1 aromatic rings. The normalized spacial score (nSPS) is 14.5. The molecule has 0 fully saturated rings. The van der Waals surface area contributed by atoms with E-state index in [1.165, 1.54) is 9.35 Å². The van der Waals surface area contributed by atoms with Gasteiger partial charge in [-0.05, 0) is 34.5 Å². The molecule has 0 saturated carbocycles. The average molecular weight is 262 g/mol. The van der Waals surface area contributed by atoms with Crippen LogP contribution in [0.15, 0.2) is 15.9 Å². The molecule has 1 atom stereocenters. The summed E-state index contributed by atoms with van der Waals surface area (Å²) in [7, 11) is 2.02. The van der Waals surface area contributed by atoms with Crippen LogP contribution in [0.2, 0.25) is 0 Å². The van der Waals surface area contributed by atoms with Crippen LogP contribution in [0, 0.1) is 5.41 Å². The van der Waals surface area contributed by atoms with Crippen LogP contribution in [0.4, 0.5) is 0 Å². The highest BCUT2D eigenvalue weighted by Crippen LogP contribution is 2.36. The topological polar surface area (TPSA) is 12.0 Å². The van der Waals surface area contributed by atoms with Crippen molar-refractivity contribution < 1.29 is 0 Å². The smallest absolute Gasteiger partial charge is 0.0461 e. The summed E-state index contributed by atoms with van der Waals surface area (Å²) in [4.78, 5) is 1.39. The zero-order valence-electron chi connectivity index (χ0n) is 8.52. The predicted octanol–water partition coefficient (Wildman–Crippen LogP) is 3.82. The number of rotatable bonds is 2. The summed E-state index contributed by atoms with van der Waals surface area (Å²) < 4.78 is 1.18. The molecule has 13 heavy (non-hydrogen) atoms. The summed E-state index contributed by atoms with van der Waals surface area (Å²) in [6.07, 6.45) is 0. The molecule has 1 unspecified atom stereocenters. The zero-order valence-corrected chi connectivity index (χ0v) is 10.9. The standard InChI is InChI=1S/C10H16BrNS/c1-10(2,3)9(12-4)8-5-7(11)6-13-8/h5-6,9,12H,1-4H3. The third-order valence-electron chi connectivity index (χ3n) is 2.03. The molecule has 1 heterocycles. The molecule has 0 aromatic carbocycles. The van der Waals surface area contributed by atoms with Gasteiger partial charge in [0.05, 0.1) is 0 Å². The van der Waals surface area contributed by atoms with Gasteiger partial charge in [0.25, 0.3) is 0 Å². The van der Waals surface area contributed by atoms with E-state index >= 15 is 0 Å². The number of hydrogen-bond donors (Lipinski definition) is 1. The van der Waals surface area contributed by atoms with Gasteiger partial charge in [-0.25, -0.2) is 0 Å². The van der Waals surface area contributed by atoms with Crippen LogP contribution in [-0.4, -0.2) is 7.05 Å². The fraction of sp³-hybridized carbons (Fsp3) is 0.600. The molecule has 1 rings (SSSR count). The Morgan fingerprint density at radius 2 is 2.08 bits per heavy atom. The lowest BCUT2D eigenvalue weighted by molar-refractivity contribution is 0.291. The first-order valence-corrected chi connectivity index (χ1v) is 6.03. The first-order valence-electron chi connectivity index (χ1n) is 4.36. The highest BCUT2D eigenvalue weighted by molar-refractivity contribution is 9.10. The van der Waals surface area contributed by atoms with Gasteiger partial charge < -0.3 is 5.32 Å². The minimum Gasteiger partial charge on any atom is -0.312 e. The summed E-state index contributed by atoms with van der Waals surface area (Å²) in [5.41, 5.74) is 0.263. The fourth-order valence-electron chi connectivity index (χ4n) is 1.48. The van der Waals surface area contributed by atoms with Crippen molar-refractivity contribution in [3.8, 4) is 0 Å². The minimum absolute atomic E-state index is 0.263. The Morgan fingerprint density at radius 1 is 1.46 bits per heavy atom. The molecule has 0 aliphatic carbocycles. The third-order valence-corrected chi connectivity index (χ3v) is 3.79. The van der Waals surface area contributed by atoms with Crippen molar-refractivity contribution >= 4 is 27.3 Å². The second kappa shape index (κ2) is 4.11. The van der Waals surface area contributed by atoms with Crippen LogP contribution >= 0.6 is 27.3 Å². The summed E-state index contributed by atoms with van der Waals surface area (Å²) in [6.45, 7) is 6.76. The molecule has 74 valence electrons. The van der Waals surface area contributed by atoms with Crippen LogP contribution in [0.25, 0.3) is 0 Å². The van der Waals surface area contributed by atoms with Crippen LogP contribution in [0.1, 0.15) is 31.7 Å². The monoisotopic (exact) mass is 261 g/mol. The fourth-order valence-corrected chi connectivity index (χ4v) is 3.28. The molecule has 3 heteroatoms. The summed E-state index contributed by atoms with van der Waals surface area (Å²) in [6, 6.07) is 2.63. The summed E-state index contributed by atoms with van der Waals surface area (Å²) in [5, 5.41) is 5.49. The molecule has 0 aliphatic heterocycles. The van der Waals surface area contributed by atoms with Gasteiger partial charge in [-0.2, -0.15) is 0 Å². The van der Waals surface area contributed by atoms with Crippen molar-refractivity contribution in [2.45, 2.75) is 26.8 Å². The van der Waals surface area contributed by atoms with Crippen molar-refractivity contribution in [2.24, 2.45) is 5.41 Å². The van der Waals surface area contributed by atoms with Gasteiger partial charge >= 0.3 is 0 Å². The van der Waals surface area contributed by atoms with Crippen LogP contribution in [0.3, 0.4) is 0 Å². The van der Waals surface area contributed by atoms with Gasteiger partial charge in [-0.3, -0.25) is 0 Å². The maximum atomic E-state index is 3.48. The first kappa shape index (κ1) is 11.2. The molecule has 1 nitrogen and oxygen atoms in total. The highest BCUT2D eigenvalue weighted by Gasteiger charge is 2.25. The number of hydrogen-bond acceptors (Lipinski definition) is 2. The Bertz CT molecular complexity index is 275. The zero-order chi connectivity index (χ0) is 10.1. The predicted molar refractivity (Wildman–Crippen MR) is 63.3 cm³/mol. The van der Waals surface area contributed by atoms with Crippen molar-refractivity contribution in [1.82, 2.24) is 5.32 Å². The maximum Gasteiger partial charge on any atom is 0.0461 e. The van der Waals surface area contributed by atoms with E-state index in [1.54, 1.807) is 11.3 Å². The number of thiophene rings is 1. The molecular formula is C10H16BrNS. The van der Waals surface area contributed by atoms with E-state index in [0.29, 0.717) is 6.04 Å². The van der Waals surface area contributed by atoms with Crippen LogP contribution in [-0.2, 0) is 0 Å². The van der Waals surface area contributed by atoms with E-state index in [9.17, 15) is 0 Å². The van der Waals surface area contributed by atoms with Crippen molar-refractivity contribution in [3.63, 3.8) is 0 Å². The molecule has 0 aliphatic rings. The maximum absolute atomic E-state index is 3.48. The molecule has 1 N–H and O–H groups in total. The average Bonchev–Trinajstić information content (AvgIpc) is 2.34. The molecule has 0 spiro atoms. The first-order chi connectivity index (χ1) is 5.95. The second-order valence-corrected chi connectivity index (χ2v) is 6.11. The lowest BCUT2D eigenvalue weighted by atomic mass is 9.86. The highest BCUT2D eigenvalue weighted by atomic mass is 79.9. The van der Waals surface area contributed by atoms with E-state index in [-0.39, 0.29) is 5.41 Å². The summed E-state index contributed by atoms with van der Waals surface area (Å²) in [5.74, 6) is 0. The molecule has 0 bridgehead atoms. The summed E-state index contributed by atoms with van der Waals surface area (Å²) >= 11 is 5.28. The van der Waals surface area contributed by atoms with E-state index in [1.807, 2.05) is 7.05 Å². The Kier molecular flexibility index (Phi) is 3.55. The molecule has 0 amide bonds. The van der Waals surface area contributed by atoms with E-state index in [2.05, 4.69) is 53.5 Å². The van der Waals surface area contributed by atoms with Gasteiger partial charge in [0.1, 0.15) is 0 Å². The molecule has 0 radical (unpaired) electrons. The molecule has 1 aromatic heterocycles. The lowest BCUT2D eigenvalue weighted by Crippen LogP contribution is -2.28. The van der Waals surface area contributed by atoms with Crippen molar-refractivity contribution in [2.75, 3.05) is 7.05 Å². The van der Waals surface area contributed by atoms with Crippen LogP contribution < -0.4 is 5.32 Å². The van der Waals surface area contributed by atoms with Gasteiger partial charge in [0.2, 0.25) is 0 Å². The van der Waals surface area contributed by atoms with Crippen molar-refractivity contribution in [3.05, 3.63) is 20.8 Å². The Morgan fingerprint density at radius 3 is 2.38 bits per heavy atom. The Balaban J connectivity index is 2.91. The SMILES string of the molecule is CNC(c1cc(Br)cs1)C(C)(C)C. The Hall–Kier alpha value is 0.140. The van der Waals surface area contributed by atoms with E-state index < -0.39 is 0 Å². The van der Waals surface area contributed by atoms with Crippen LogP contribution in [0.5, 0.6) is 0 Å². The van der Waals surface area contributed by atoms with Gasteiger partial charge in [-0.15, -0.1) is 11.3 Å². The number of halogens is 1. The van der Waals surface area contributed by atoms with E-state index in [0.717, 1.165) is 0 Å². The van der Waals surface area contributed by atoms with Gasteiger partial charge in [-0.1, -0.05) is 20.8 Å². The lowest BCUT2D eigenvalue weighted by Gasteiger charge is -2.29. The van der Waals surface area contributed by atoms with Crippen molar-refractivity contribution in [1.29, 1.82) is 0 Å². The number of nitrogens with one attached hydrogen (secondary N) is 1. The Labute approximate surface area is 92.7 Å². The third kappa shape index (κ3) is 2.79. The van der Waals surface area contributed by atoms with Gasteiger partial charge in [0.15, 0.2) is 0 Å².